The van der Waals surface area contributed by atoms with Crippen LogP contribution in [0.15, 0.2) is 49.2 Å². The molecule has 3 heterocycles. The molecule has 1 saturated heterocycles. The van der Waals surface area contributed by atoms with Gasteiger partial charge in [0, 0.05) is 37.6 Å². The molecule has 0 saturated carbocycles. The number of aromatic nitrogens is 3. The van der Waals surface area contributed by atoms with Crippen LogP contribution >= 0.6 is 0 Å². The highest BCUT2D eigenvalue weighted by Crippen LogP contribution is 2.26. The van der Waals surface area contributed by atoms with Crippen molar-refractivity contribution in [1.29, 1.82) is 0 Å². The first kappa shape index (κ1) is 24.5. The van der Waals surface area contributed by atoms with E-state index < -0.39 is 0 Å². The molecule has 1 fully saturated rings. The molecule has 1 amide bonds. The number of rotatable bonds is 11. The number of anilines is 3. The largest absolute Gasteiger partial charge is 0.492 e. The summed E-state index contributed by atoms with van der Waals surface area (Å²) in [4.78, 5) is 28.8. The number of aromatic amines is 1. The van der Waals surface area contributed by atoms with Gasteiger partial charge in [-0.3, -0.25) is 4.79 Å². The van der Waals surface area contributed by atoms with Crippen LogP contribution in [0.1, 0.15) is 26.7 Å². The Balaban J connectivity index is 1.42. The van der Waals surface area contributed by atoms with Gasteiger partial charge in [0.25, 0.3) is 0 Å². The second-order valence-electron chi connectivity index (χ2n) is 8.63. The molecule has 1 atom stereocenters. The van der Waals surface area contributed by atoms with Crippen molar-refractivity contribution in [1.82, 2.24) is 24.8 Å². The van der Waals surface area contributed by atoms with E-state index >= 15 is 0 Å². The third kappa shape index (κ3) is 6.30. The Morgan fingerprint density at radius 3 is 2.80 bits per heavy atom. The molecule has 0 aliphatic carbocycles. The molecule has 0 radical (unpaired) electrons. The average molecular weight is 478 g/mol. The molecular weight excluding hydrogens is 442 g/mol. The van der Waals surface area contributed by atoms with Crippen molar-refractivity contribution >= 4 is 34.4 Å². The summed E-state index contributed by atoms with van der Waals surface area (Å²) in [5.41, 5.74) is 1.62. The molecule has 1 aromatic carbocycles. The number of amides is 1. The lowest BCUT2D eigenvalue weighted by molar-refractivity contribution is -0.127. The first-order valence-corrected chi connectivity index (χ1v) is 12.3. The number of likely N-dealkylation sites (tertiary alicyclic amines) is 1. The van der Waals surface area contributed by atoms with E-state index in [9.17, 15) is 4.79 Å². The summed E-state index contributed by atoms with van der Waals surface area (Å²) in [6, 6.07) is 9.89. The SMILES string of the molecule is C=CC(=O)N1CCC[C@@H](Nc2nc(Nc3ccc(OCCN(CC)CC)cc3)nc3[nH]ccc23)C1. The number of hydrogen-bond donors (Lipinski definition) is 3. The minimum Gasteiger partial charge on any atom is -0.492 e. The zero-order valence-electron chi connectivity index (χ0n) is 20.6. The van der Waals surface area contributed by atoms with Gasteiger partial charge in [0.1, 0.15) is 23.8 Å². The predicted octanol–water partition coefficient (Wildman–Crippen LogP) is 4.01. The lowest BCUT2D eigenvalue weighted by Crippen LogP contribution is -2.44. The zero-order chi connectivity index (χ0) is 24.6. The number of hydrogen-bond acceptors (Lipinski definition) is 7. The molecule has 0 bridgehead atoms. The monoisotopic (exact) mass is 477 g/mol. The molecule has 9 nitrogen and oxygen atoms in total. The van der Waals surface area contributed by atoms with E-state index in [0.717, 1.165) is 67.3 Å². The van der Waals surface area contributed by atoms with Gasteiger partial charge in [-0.1, -0.05) is 20.4 Å². The van der Waals surface area contributed by atoms with Crippen LogP contribution in [0.25, 0.3) is 11.0 Å². The number of benzene rings is 1. The maximum absolute atomic E-state index is 12.1. The minimum atomic E-state index is -0.0335. The fraction of sp³-hybridized carbons (Fsp3) is 0.423. The predicted molar refractivity (Wildman–Crippen MR) is 140 cm³/mol. The van der Waals surface area contributed by atoms with E-state index in [1.807, 2.05) is 41.4 Å². The normalized spacial score (nSPS) is 15.9. The van der Waals surface area contributed by atoms with Gasteiger partial charge in [-0.15, -0.1) is 0 Å². The molecule has 2 aromatic heterocycles. The smallest absolute Gasteiger partial charge is 0.246 e. The van der Waals surface area contributed by atoms with Gasteiger partial charge in [-0.25, -0.2) is 0 Å². The second kappa shape index (κ2) is 11.7. The van der Waals surface area contributed by atoms with Crippen molar-refractivity contribution < 1.29 is 9.53 Å². The van der Waals surface area contributed by atoms with Crippen LogP contribution in [0, 0.1) is 0 Å². The molecule has 35 heavy (non-hydrogen) atoms. The number of likely N-dealkylation sites (N-methyl/N-ethyl adjacent to an activating group) is 1. The number of ether oxygens (including phenoxy) is 1. The number of nitrogens with one attached hydrogen (secondary N) is 3. The highest BCUT2D eigenvalue weighted by molar-refractivity contribution is 5.89. The van der Waals surface area contributed by atoms with E-state index in [4.69, 9.17) is 9.72 Å². The van der Waals surface area contributed by atoms with E-state index in [-0.39, 0.29) is 11.9 Å². The van der Waals surface area contributed by atoms with Crippen molar-refractivity contribution in [2.24, 2.45) is 0 Å². The maximum atomic E-state index is 12.1. The van der Waals surface area contributed by atoms with Gasteiger partial charge in [0.2, 0.25) is 11.9 Å². The summed E-state index contributed by atoms with van der Waals surface area (Å²) in [6.07, 6.45) is 5.14. The van der Waals surface area contributed by atoms with E-state index in [1.165, 1.54) is 6.08 Å². The van der Waals surface area contributed by atoms with Gasteiger partial charge < -0.3 is 30.2 Å². The Morgan fingerprint density at radius 2 is 2.06 bits per heavy atom. The summed E-state index contributed by atoms with van der Waals surface area (Å²) < 4.78 is 5.88. The first-order valence-electron chi connectivity index (χ1n) is 12.3. The van der Waals surface area contributed by atoms with Crippen LogP contribution in [-0.2, 0) is 4.79 Å². The van der Waals surface area contributed by atoms with Crippen LogP contribution in [0.5, 0.6) is 5.75 Å². The average Bonchev–Trinajstić information content (AvgIpc) is 3.36. The number of carbonyl (C=O) groups excluding carboxylic acids is 1. The van der Waals surface area contributed by atoms with Crippen molar-refractivity contribution in [2.75, 3.05) is 50.0 Å². The lowest BCUT2D eigenvalue weighted by atomic mass is 10.1. The van der Waals surface area contributed by atoms with Crippen LogP contribution in [0.2, 0.25) is 0 Å². The Labute approximate surface area is 206 Å². The van der Waals surface area contributed by atoms with Gasteiger partial charge in [-0.2, -0.15) is 9.97 Å². The van der Waals surface area contributed by atoms with Crippen molar-refractivity contribution in [3.63, 3.8) is 0 Å². The van der Waals surface area contributed by atoms with Crippen molar-refractivity contribution in [2.45, 2.75) is 32.7 Å². The zero-order valence-corrected chi connectivity index (χ0v) is 20.6. The third-order valence-electron chi connectivity index (χ3n) is 6.35. The van der Waals surface area contributed by atoms with E-state index in [0.29, 0.717) is 19.1 Å². The number of fused-ring (bicyclic) bond motifs is 1. The highest BCUT2D eigenvalue weighted by Gasteiger charge is 2.23. The quantitative estimate of drug-likeness (QED) is 0.359. The standard InChI is InChI=1S/C26H35N7O2/c1-4-23(34)33-15-7-8-20(18-33)28-25-22-13-14-27-24(22)30-26(31-25)29-19-9-11-21(12-10-19)35-17-16-32(5-2)6-3/h4,9-14,20H,1,5-8,15-18H2,2-3H3,(H3,27,28,29,30,31)/t20-/m1/s1. The number of carbonyl (C=O) groups is 1. The third-order valence-corrected chi connectivity index (χ3v) is 6.35. The maximum Gasteiger partial charge on any atom is 0.246 e. The molecule has 1 aliphatic rings. The van der Waals surface area contributed by atoms with Crippen LogP contribution in [0.4, 0.5) is 17.5 Å². The number of H-pyrrole nitrogens is 1. The molecule has 186 valence electrons. The first-order chi connectivity index (χ1) is 17.1. The molecule has 0 spiro atoms. The Kier molecular flexibility index (Phi) is 8.20. The summed E-state index contributed by atoms with van der Waals surface area (Å²) >= 11 is 0. The fourth-order valence-electron chi connectivity index (χ4n) is 4.32. The summed E-state index contributed by atoms with van der Waals surface area (Å²) in [6.45, 7) is 12.9. The van der Waals surface area contributed by atoms with Crippen molar-refractivity contribution in [3.05, 3.63) is 49.2 Å². The second-order valence-corrected chi connectivity index (χ2v) is 8.63. The summed E-state index contributed by atoms with van der Waals surface area (Å²) in [5.74, 6) is 2.04. The molecular formula is C26H35N7O2. The van der Waals surface area contributed by atoms with Crippen LogP contribution < -0.4 is 15.4 Å². The number of piperidine rings is 1. The van der Waals surface area contributed by atoms with Gasteiger partial charge in [0.15, 0.2) is 0 Å². The molecule has 3 N–H and O–H groups in total. The fourth-order valence-corrected chi connectivity index (χ4v) is 4.32. The van der Waals surface area contributed by atoms with Gasteiger partial charge in [0.05, 0.1) is 5.39 Å². The molecule has 0 unspecified atom stereocenters. The van der Waals surface area contributed by atoms with E-state index in [2.05, 4.69) is 45.9 Å². The molecule has 9 heteroatoms. The number of nitrogens with zero attached hydrogens (tertiary/aromatic N) is 4. The topological polar surface area (TPSA) is 98.4 Å². The Bertz CT molecular complexity index is 1120. The van der Waals surface area contributed by atoms with Crippen molar-refractivity contribution in [3.8, 4) is 5.75 Å². The minimum absolute atomic E-state index is 0.0335. The molecule has 1 aliphatic heterocycles. The highest BCUT2D eigenvalue weighted by atomic mass is 16.5. The molecule has 3 aromatic rings. The van der Waals surface area contributed by atoms with Gasteiger partial charge >= 0.3 is 0 Å². The van der Waals surface area contributed by atoms with Crippen LogP contribution in [-0.4, -0.2) is 76.0 Å². The summed E-state index contributed by atoms with van der Waals surface area (Å²) in [5, 5.41) is 7.74. The Morgan fingerprint density at radius 1 is 1.26 bits per heavy atom. The van der Waals surface area contributed by atoms with E-state index in [1.54, 1.807) is 0 Å². The Hall–Kier alpha value is -3.59. The summed E-state index contributed by atoms with van der Waals surface area (Å²) in [7, 11) is 0. The van der Waals surface area contributed by atoms with Gasteiger partial charge in [-0.05, 0) is 62.3 Å². The molecule has 4 rings (SSSR count). The van der Waals surface area contributed by atoms with Crippen LogP contribution in [0.3, 0.4) is 0 Å². The lowest BCUT2D eigenvalue weighted by Gasteiger charge is -2.33.